The molecule has 1 heterocycles. The number of carbonyl (C=O) groups is 1. The quantitative estimate of drug-likeness (QED) is 0.427. The first-order valence-electron chi connectivity index (χ1n) is 8.20. The predicted molar refractivity (Wildman–Crippen MR) is 96.9 cm³/mol. The van der Waals surface area contributed by atoms with Gasteiger partial charge < -0.3 is 9.15 Å². The van der Waals surface area contributed by atoms with Crippen LogP contribution in [0.4, 0.5) is 8.78 Å². The van der Waals surface area contributed by atoms with Crippen molar-refractivity contribution in [1.29, 1.82) is 0 Å². The molecule has 0 N–H and O–H groups in total. The molecular formula is C19H16F2N2O3S. The molecule has 3 rings (SSSR count). The second-order valence-corrected chi connectivity index (χ2v) is 6.88. The maximum atomic E-state index is 13.3. The summed E-state index contributed by atoms with van der Waals surface area (Å²) in [7, 11) is 0. The predicted octanol–water partition coefficient (Wildman–Crippen LogP) is 4.78. The Hall–Kier alpha value is -2.74. The van der Waals surface area contributed by atoms with Crippen LogP contribution in [0.5, 0.6) is 5.75 Å². The van der Waals surface area contributed by atoms with Crippen molar-refractivity contribution in [3.63, 3.8) is 0 Å². The number of hydrogen-bond donors (Lipinski definition) is 0. The van der Waals surface area contributed by atoms with Crippen LogP contribution in [0, 0.1) is 11.6 Å². The molecule has 0 aliphatic rings. The molecule has 0 saturated carbocycles. The van der Waals surface area contributed by atoms with E-state index in [1.807, 2.05) is 6.92 Å². The van der Waals surface area contributed by atoms with E-state index in [1.165, 1.54) is 6.07 Å². The van der Waals surface area contributed by atoms with Crippen molar-refractivity contribution in [3.05, 3.63) is 59.7 Å². The molecular weight excluding hydrogens is 374 g/mol. The lowest BCUT2D eigenvalue weighted by Crippen LogP contribution is -2.14. The molecule has 27 heavy (non-hydrogen) atoms. The lowest BCUT2D eigenvalue weighted by Gasteiger charge is -2.07. The maximum Gasteiger partial charge on any atom is 0.277 e. The van der Waals surface area contributed by atoms with E-state index in [0.717, 1.165) is 35.2 Å². The molecule has 0 unspecified atom stereocenters. The van der Waals surface area contributed by atoms with Gasteiger partial charge >= 0.3 is 0 Å². The van der Waals surface area contributed by atoms with Gasteiger partial charge in [-0.3, -0.25) is 4.79 Å². The number of aromatic nitrogens is 2. The van der Waals surface area contributed by atoms with Crippen molar-refractivity contribution in [2.45, 2.75) is 24.3 Å². The van der Waals surface area contributed by atoms with Gasteiger partial charge in [0.05, 0.1) is 11.9 Å². The molecule has 1 atom stereocenters. The Morgan fingerprint density at radius 2 is 1.89 bits per heavy atom. The van der Waals surface area contributed by atoms with Crippen LogP contribution in [0.2, 0.25) is 0 Å². The van der Waals surface area contributed by atoms with E-state index in [-0.39, 0.29) is 16.6 Å². The summed E-state index contributed by atoms with van der Waals surface area (Å²) in [5, 5.41) is 7.50. The summed E-state index contributed by atoms with van der Waals surface area (Å²) in [5.41, 5.74) is 0.803. The van der Waals surface area contributed by atoms with E-state index in [1.54, 1.807) is 31.2 Å². The van der Waals surface area contributed by atoms with Crippen molar-refractivity contribution in [2.75, 3.05) is 6.61 Å². The summed E-state index contributed by atoms with van der Waals surface area (Å²) in [6.07, 6.45) is 0. The molecule has 0 bridgehead atoms. The monoisotopic (exact) mass is 390 g/mol. The Labute approximate surface area is 158 Å². The number of benzene rings is 2. The summed E-state index contributed by atoms with van der Waals surface area (Å²) >= 11 is 1.05. The second kappa shape index (κ2) is 8.30. The fourth-order valence-corrected chi connectivity index (χ4v) is 3.08. The van der Waals surface area contributed by atoms with Gasteiger partial charge in [0.1, 0.15) is 5.75 Å². The molecule has 0 spiro atoms. The Bertz CT molecular complexity index is 944. The molecule has 8 heteroatoms. The standard InChI is InChI=1S/C19H16F2N2O3S/c1-3-25-14-7-4-12(5-8-14)18-22-23-19(26-18)27-11(2)17(24)13-6-9-15(20)16(21)10-13/h4-11H,3H2,1-2H3/t11-/m1/s1. The fourth-order valence-electron chi connectivity index (χ4n) is 2.32. The van der Waals surface area contributed by atoms with Crippen LogP contribution in [0.3, 0.4) is 0 Å². The Kier molecular flexibility index (Phi) is 5.85. The van der Waals surface area contributed by atoms with Crippen LogP contribution in [-0.4, -0.2) is 27.8 Å². The highest BCUT2D eigenvalue weighted by Crippen LogP contribution is 2.28. The van der Waals surface area contributed by atoms with Crippen LogP contribution in [0.25, 0.3) is 11.5 Å². The number of Topliss-reactive ketones (excluding diaryl/α,β-unsaturated/α-hetero) is 1. The zero-order valence-electron chi connectivity index (χ0n) is 14.6. The highest BCUT2D eigenvalue weighted by molar-refractivity contribution is 8.00. The van der Waals surface area contributed by atoms with Crippen molar-refractivity contribution in [1.82, 2.24) is 10.2 Å². The van der Waals surface area contributed by atoms with Gasteiger partial charge in [0.2, 0.25) is 5.89 Å². The lowest BCUT2D eigenvalue weighted by molar-refractivity contribution is 0.0993. The Morgan fingerprint density at radius 1 is 1.15 bits per heavy atom. The highest BCUT2D eigenvalue weighted by atomic mass is 32.2. The van der Waals surface area contributed by atoms with Gasteiger partial charge in [-0.1, -0.05) is 11.8 Å². The molecule has 0 aliphatic carbocycles. The molecule has 0 saturated heterocycles. The van der Waals surface area contributed by atoms with Gasteiger partial charge in [0, 0.05) is 11.1 Å². The van der Waals surface area contributed by atoms with Crippen LogP contribution in [0.1, 0.15) is 24.2 Å². The number of halogens is 2. The molecule has 0 radical (unpaired) electrons. The first kappa shape index (κ1) is 19.0. The van der Waals surface area contributed by atoms with E-state index < -0.39 is 16.9 Å². The minimum atomic E-state index is -1.06. The van der Waals surface area contributed by atoms with Crippen molar-refractivity contribution in [2.24, 2.45) is 0 Å². The number of rotatable bonds is 7. The van der Waals surface area contributed by atoms with Crippen LogP contribution in [-0.2, 0) is 0 Å². The zero-order valence-corrected chi connectivity index (χ0v) is 15.4. The number of ketones is 1. The van der Waals surface area contributed by atoms with E-state index >= 15 is 0 Å². The maximum absolute atomic E-state index is 13.3. The number of hydrogen-bond acceptors (Lipinski definition) is 6. The van der Waals surface area contributed by atoms with E-state index in [0.29, 0.717) is 12.5 Å². The molecule has 5 nitrogen and oxygen atoms in total. The van der Waals surface area contributed by atoms with Crippen molar-refractivity contribution >= 4 is 17.5 Å². The van der Waals surface area contributed by atoms with Gasteiger partial charge in [0.15, 0.2) is 17.4 Å². The summed E-state index contributed by atoms with van der Waals surface area (Å²) in [6, 6.07) is 10.2. The number of ether oxygens (including phenoxy) is 1. The van der Waals surface area contributed by atoms with Crippen LogP contribution in [0.15, 0.2) is 52.1 Å². The molecule has 2 aromatic carbocycles. The molecule has 140 valence electrons. The van der Waals surface area contributed by atoms with Crippen molar-refractivity contribution < 1.29 is 22.7 Å². The van der Waals surface area contributed by atoms with Gasteiger partial charge in [-0.25, -0.2) is 8.78 Å². The summed E-state index contributed by atoms with van der Waals surface area (Å²) in [4.78, 5) is 12.4. The minimum Gasteiger partial charge on any atom is -0.494 e. The average Bonchev–Trinajstić information content (AvgIpc) is 3.12. The molecule has 0 fully saturated rings. The summed E-state index contributed by atoms with van der Waals surface area (Å²) in [6.45, 7) is 4.11. The highest BCUT2D eigenvalue weighted by Gasteiger charge is 2.21. The Morgan fingerprint density at radius 3 is 2.56 bits per heavy atom. The third-order valence-corrected chi connectivity index (χ3v) is 4.60. The van der Waals surface area contributed by atoms with Gasteiger partial charge in [0.25, 0.3) is 5.22 Å². The molecule has 3 aromatic rings. The average molecular weight is 390 g/mol. The number of nitrogens with zero attached hydrogens (tertiary/aromatic N) is 2. The van der Waals surface area contributed by atoms with Gasteiger partial charge in [-0.05, 0) is 56.3 Å². The second-order valence-electron chi connectivity index (χ2n) is 5.58. The third kappa shape index (κ3) is 4.51. The fraction of sp³-hybridized carbons (Fsp3) is 0.211. The topological polar surface area (TPSA) is 65.2 Å². The van der Waals surface area contributed by atoms with Crippen LogP contribution >= 0.6 is 11.8 Å². The lowest BCUT2D eigenvalue weighted by atomic mass is 10.1. The van der Waals surface area contributed by atoms with Gasteiger partial charge in [-0.2, -0.15) is 0 Å². The first-order valence-corrected chi connectivity index (χ1v) is 9.08. The Balaban J connectivity index is 1.69. The SMILES string of the molecule is CCOc1ccc(-c2nnc(S[C@H](C)C(=O)c3ccc(F)c(F)c3)o2)cc1. The molecule has 1 aromatic heterocycles. The van der Waals surface area contributed by atoms with Gasteiger partial charge in [-0.15, -0.1) is 10.2 Å². The van der Waals surface area contributed by atoms with Crippen molar-refractivity contribution in [3.8, 4) is 17.2 Å². The summed E-state index contributed by atoms with van der Waals surface area (Å²) < 4.78 is 37.3. The largest absolute Gasteiger partial charge is 0.494 e. The minimum absolute atomic E-state index is 0.0835. The normalized spacial score (nSPS) is 12.0. The molecule has 0 aliphatic heterocycles. The molecule has 0 amide bonds. The third-order valence-electron chi connectivity index (χ3n) is 3.67. The smallest absolute Gasteiger partial charge is 0.277 e. The van der Waals surface area contributed by atoms with E-state index in [2.05, 4.69) is 10.2 Å². The summed E-state index contributed by atoms with van der Waals surface area (Å²) in [5.74, 6) is -1.37. The van der Waals surface area contributed by atoms with E-state index in [9.17, 15) is 13.6 Å². The van der Waals surface area contributed by atoms with E-state index in [4.69, 9.17) is 9.15 Å². The first-order chi connectivity index (χ1) is 13.0. The zero-order chi connectivity index (χ0) is 19.4. The van der Waals surface area contributed by atoms with Crippen LogP contribution < -0.4 is 4.74 Å². The number of carbonyl (C=O) groups excluding carboxylic acids is 1. The number of thioether (sulfide) groups is 1.